The van der Waals surface area contributed by atoms with Crippen molar-refractivity contribution in [3.05, 3.63) is 47.0 Å². The molecule has 1 N–H and O–H groups in total. The lowest BCUT2D eigenvalue weighted by Gasteiger charge is -2.13. The van der Waals surface area contributed by atoms with Gasteiger partial charge in [-0.15, -0.1) is 0 Å². The standard InChI is InChI=1S/C17H23NO3S/c1-22(20,21)13-15-7-9-16(10-8-15)17(19)18-12-11-14-5-3-2-4-6-14/h5,7-10H,2-4,6,11-13H2,1H3,(H,18,19). The summed E-state index contributed by atoms with van der Waals surface area (Å²) in [6, 6.07) is 6.74. The highest BCUT2D eigenvalue weighted by Crippen LogP contribution is 2.19. The number of hydrogen-bond acceptors (Lipinski definition) is 3. The van der Waals surface area contributed by atoms with E-state index in [4.69, 9.17) is 0 Å². The maximum atomic E-state index is 12.0. The average Bonchev–Trinajstić information content (AvgIpc) is 2.47. The van der Waals surface area contributed by atoms with Gasteiger partial charge in [-0.2, -0.15) is 0 Å². The third-order valence-electron chi connectivity index (χ3n) is 3.76. The van der Waals surface area contributed by atoms with Crippen LogP contribution in [0.2, 0.25) is 0 Å². The maximum absolute atomic E-state index is 12.0. The number of rotatable bonds is 6. The zero-order valence-electron chi connectivity index (χ0n) is 13.0. The number of allylic oxidation sites excluding steroid dienone is 1. The van der Waals surface area contributed by atoms with Crippen molar-refractivity contribution in [3.63, 3.8) is 0 Å². The van der Waals surface area contributed by atoms with Gasteiger partial charge in [0.15, 0.2) is 9.84 Å². The van der Waals surface area contributed by atoms with Gasteiger partial charge < -0.3 is 5.32 Å². The molecule has 0 unspecified atom stereocenters. The number of sulfone groups is 1. The maximum Gasteiger partial charge on any atom is 0.251 e. The predicted molar refractivity (Wildman–Crippen MR) is 88.5 cm³/mol. The van der Waals surface area contributed by atoms with Gasteiger partial charge in [0.1, 0.15) is 0 Å². The van der Waals surface area contributed by atoms with Crippen molar-refractivity contribution in [1.29, 1.82) is 0 Å². The number of benzene rings is 1. The van der Waals surface area contributed by atoms with E-state index in [0.717, 1.165) is 19.3 Å². The van der Waals surface area contributed by atoms with E-state index in [1.54, 1.807) is 24.3 Å². The molecule has 1 aliphatic carbocycles. The van der Waals surface area contributed by atoms with Crippen molar-refractivity contribution >= 4 is 15.7 Å². The number of nitrogens with one attached hydrogen (secondary N) is 1. The van der Waals surface area contributed by atoms with Crippen molar-refractivity contribution in [1.82, 2.24) is 5.32 Å². The Kier molecular flexibility index (Phi) is 5.77. The minimum atomic E-state index is -3.04. The van der Waals surface area contributed by atoms with Gasteiger partial charge in [-0.3, -0.25) is 4.79 Å². The third kappa shape index (κ3) is 5.64. The summed E-state index contributed by atoms with van der Waals surface area (Å²) in [5.41, 5.74) is 2.70. The van der Waals surface area contributed by atoms with Crippen LogP contribution in [0.5, 0.6) is 0 Å². The number of carbonyl (C=O) groups excluding carboxylic acids is 1. The molecule has 22 heavy (non-hydrogen) atoms. The Hall–Kier alpha value is -1.62. The number of hydrogen-bond donors (Lipinski definition) is 1. The first-order valence-electron chi connectivity index (χ1n) is 7.67. The summed E-state index contributed by atoms with van der Waals surface area (Å²) in [5, 5.41) is 2.92. The zero-order chi connectivity index (χ0) is 16.0. The molecule has 1 aromatic carbocycles. The van der Waals surface area contributed by atoms with E-state index >= 15 is 0 Å². The predicted octanol–water partition coefficient (Wildman–Crippen LogP) is 2.85. The molecule has 2 rings (SSSR count). The molecule has 1 aromatic rings. The lowest BCUT2D eigenvalue weighted by Crippen LogP contribution is -2.24. The van der Waals surface area contributed by atoms with Gasteiger partial charge in [0, 0.05) is 18.4 Å². The molecular formula is C17H23NO3S. The molecule has 120 valence electrons. The van der Waals surface area contributed by atoms with Crippen molar-refractivity contribution in [2.45, 2.75) is 37.9 Å². The third-order valence-corrected chi connectivity index (χ3v) is 4.62. The summed E-state index contributed by atoms with van der Waals surface area (Å²) >= 11 is 0. The quantitative estimate of drug-likeness (QED) is 0.820. The molecule has 0 saturated carbocycles. The van der Waals surface area contributed by atoms with Crippen LogP contribution < -0.4 is 5.32 Å². The molecule has 0 aromatic heterocycles. The first kappa shape index (κ1) is 16.7. The molecule has 5 heteroatoms. The summed E-state index contributed by atoms with van der Waals surface area (Å²) in [6.07, 6.45) is 9.24. The van der Waals surface area contributed by atoms with E-state index in [1.807, 2.05) is 0 Å². The van der Waals surface area contributed by atoms with Crippen LogP contribution in [-0.2, 0) is 15.6 Å². The van der Waals surface area contributed by atoms with E-state index in [0.29, 0.717) is 17.7 Å². The van der Waals surface area contributed by atoms with Crippen molar-refractivity contribution in [2.24, 2.45) is 0 Å². The molecule has 0 saturated heterocycles. The van der Waals surface area contributed by atoms with Crippen molar-refractivity contribution in [2.75, 3.05) is 12.8 Å². The van der Waals surface area contributed by atoms with Gasteiger partial charge in [0.2, 0.25) is 0 Å². The fourth-order valence-corrected chi connectivity index (χ4v) is 3.42. The Labute approximate surface area is 132 Å². The second-order valence-corrected chi connectivity index (χ2v) is 8.02. The molecule has 0 radical (unpaired) electrons. The Morgan fingerprint density at radius 3 is 2.50 bits per heavy atom. The Bertz CT molecular complexity index is 645. The molecule has 1 amide bonds. The minimum absolute atomic E-state index is 0.00303. The minimum Gasteiger partial charge on any atom is -0.352 e. The van der Waals surface area contributed by atoms with Crippen LogP contribution in [0, 0.1) is 0 Å². The van der Waals surface area contributed by atoms with E-state index in [2.05, 4.69) is 11.4 Å². The number of carbonyl (C=O) groups is 1. The van der Waals surface area contributed by atoms with Gasteiger partial charge >= 0.3 is 0 Å². The van der Waals surface area contributed by atoms with E-state index in [9.17, 15) is 13.2 Å². The second kappa shape index (κ2) is 7.58. The van der Waals surface area contributed by atoms with Crippen molar-refractivity contribution in [3.8, 4) is 0 Å². The van der Waals surface area contributed by atoms with E-state index in [1.165, 1.54) is 24.7 Å². The van der Waals surface area contributed by atoms with Crippen LogP contribution in [0.3, 0.4) is 0 Å². The highest BCUT2D eigenvalue weighted by molar-refractivity contribution is 7.89. The molecule has 4 nitrogen and oxygen atoms in total. The Morgan fingerprint density at radius 1 is 1.18 bits per heavy atom. The molecule has 0 bridgehead atoms. The van der Waals surface area contributed by atoms with Gasteiger partial charge in [-0.1, -0.05) is 23.8 Å². The van der Waals surface area contributed by atoms with Gasteiger partial charge in [-0.25, -0.2) is 8.42 Å². The van der Waals surface area contributed by atoms with Crippen LogP contribution in [0.4, 0.5) is 0 Å². The second-order valence-electron chi connectivity index (χ2n) is 5.88. The summed E-state index contributed by atoms with van der Waals surface area (Å²) in [4.78, 5) is 12.0. The van der Waals surface area contributed by atoms with Crippen LogP contribution in [0.25, 0.3) is 0 Å². The van der Waals surface area contributed by atoms with Crippen LogP contribution >= 0.6 is 0 Å². The summed E-state index contributed by atoms with van der Waals surface area (Å²) in [7, 11) is -3.04. The number of amides is 1. The van der Waals surface area contributed by atoms with Gasteiger partial charge in [0.25, 0.3) is 5.91 Å². The highest BCUT2D eigenvalue weighted by atomic mass is 32.2. The zero-order valence-corrected chi connectivity index (χ0v) is 13.8. The molecular weight excluding hydrogens is 298 g/mol. The van der Waals surface area contributed by atoms with E-state index in [-0.39, 0.29) is 11.7 Å². The van der Waals surface area contributed by atoms with Gasteiger partial charge in [0.05, 0.1) is 5.75 Å². The first-order valence-corrected chi connectivity index (χ1v) is 9.73. The van der Waals surface area contributed by atoms with Crippen LogP contribution in [0.1, 0.15) is 48.0 Å². The van der Waals surface area contributed by atoms with Crippen molar-refractivity contribution < 1.29 is 13.2 Å². The lowest BCUT2D eigenvalue weighted by molar-refractivity contribution is 0.0954. The Morgan fingerprint density at radius 2 is 1.91 bits per heavy atom. The van der Waals surface area contributed by atoms with Gasteiger partial charge in [-0.05, 0) is 49.8 Å². The molecule has 0 heterocycles. The SMILES string of the molecule is CS(=O)(=O)Cc1ccc(C(=O)NCCC2=CCCCC2)cc1. The fourth-order valence-electron chi connectivity index (χ4n) is 2.63. The molecule has 0 atom stereocenters. The monoisotopic (exact) mass is 321 g/mol. The highest BCUT2D eigenvalue weighted by Gasteiger charge is 2.09. The summed E-state index contributed by atoms with van der Waals surface area (Å²) in [6.45, 7) is 0.649. The molecule has 0 spiro atoms. The molecule has 0 fully saturated rings. The largest absolute Gasteiger partial charge is 0.352 e. The average molecular weight is 321 g/mol. The first-order chi connectivity index (χ1) is 10.4. The smallest absolute Gasteiger partial charge is 0.251 e. The lowest BCUT2D eigenvalue weighted by atomic mass is 9.97. The normalized spacial score (nSPS) is 15.2. The fraction of sp³-hybridized carbons (Fsp3) is 0.471. The summed E-state index contributed by atoms with van der Waals surface area (Å²) < 4.78 is 22.5. The summed E-state index contributed by atoms with van der Waals surface area (Å²) in [5.74, 6) is -0.106. The molecule has 1 aliphatic rings. The topological polar surface area (TPSA) is 63.2 Å². The van der Waals surface area contributed by atoms with Crippen LogP contribution in [-0.4, -0.2) is 27.1 Å². The van der Waals surface area contributed by atoms with Crippen LogP contribution in [0.15, 0.2) is 35.9 Å². The Balaban J connectivity index is 1.83. The van der Waals surface area contributed by atoms with E-state index < -0.39 is 9.84 Å². The molecule has 0 aliphatic heterocycles.